The number of nitrogens with two attached hydrogens (primary N) is 8. The van der Waals surface area contributed by atoms with Crippen LogP contribution < -0.4 is 72.5 Å². The minimum Gasteiger partial charge on any atom is -0.480 e. The van der Waals surface area contributed by atoms with Gasteiger partial charge in [0.1, 0.15) is 36.3 Å². The van der Waals surface area contributed by atoms with E-state index in [2.05, 4.69) is 41.6 Å². The highest BCUT2D eigenvalue weighted by Crippen LogP contribution is 2.20. The maximum Gasteiger partial charge on any atom is 0.326 e. The number of hydrogen-bond donors (Lipinski definition) is 14. The molecule has 0 spiro atoms. The van der Waals surface area contributed by atoms with Crippen molar-refractivity contribution in [3.05, 3.63) is 0 Å². The highest BCUT2D eigenvalue weighted by Gasteiger charge is 2.39. The highest BCUT2D eigenvalue weighted by atomic mass is 16.4. The molecule has 0 aromatic heterocycles. The Hall–Kier alpha value is -6.47. The Kier molecular flexibility index (Phi) is 25.3. The Morgan fingerprint density at radius 3 is 1.52 bits per heavy atom. The van der Waals surface area contributed by atoms with Crippen LogP contribution in [-0.4, -0.2) is 144 Å². The van der Waals surface area contributed by atoms with Crippen molar-refractivity contribution in [1.29, 1.82) is 0 Å². The van der Waals surface area contributed by atoms with Gasteiger partial charge in [-0.05, 0) is 63.2 Å². The van der Waals surface area contributed by atoms with Crippen LogP contribution in [0.5, 0.6) is 0 Å². The predicted molar refractivity (Wildman–Crippen MR) is 242 cm³/mol. The van der Waals surface area contributed by atoms with Crippen LogP contribution in [0.15, 0.2) is 15.0 Å². The van der Waals surface area contributed by atoms with Crippen molar-refractivity contribution < 1.29 is 43.5 Å². The SMILES string of the molecule is CC[C@H](C)[C@H](NC(=O)[C@H](CC(N)=O)NC(=O)[C@H](CCCN=C(N)N)NC(=O)[C@@H](NC(=O)[C@H](CCCN=C(N)N)NC(=O)[C@@H]1CCCN1C(=O)[C@@H](N)CCCN=C(N)N)[C@@H](C)CC)C(=O)O. The largest absolute Gasteiger partial charge is 0.480 e. The number of aliphatic imine (C=N–C) groups is 3. The molecular weight excluding hydrogens is 851 g/mol. The molecule has 26 heteroatoms. The summed E-state index contributed by atoms with van der Waals surface area (Å²) in [5.41, 5.74) is 44.2. The second-order valence-corrected chi connectivity index (χ2v) is 16.1. The van der Waals surface area contributed by atoms with Crippen molar-refractivity contribution in [1.82, 2.24) is 31.5 Å². The fraction of sp³-hybridized carbons (Fsp3) is 0.718. The molecule has 0 unspecified atom stereocenters. The van der Waals surface area contributed by atoms with Crippen molar-refractivity contribution in [3.63, 3.8) is 0 Å². The molecule has 0 radical (unpaired) electrons. The van der Waals surface area contributed by atoms with Gasteiger partial charge in [-0.3, -0.25) is 48.5 Å². The van der Waals surface area contributed by atoms with Gasteiger partial charge in [-0.1, -0.05) is 40.5 Å². The van der Waals surface area contributed by atoms with Gasteiger partial charge in [0.2, 0.25) is 41.4 Å². The summed E-state index contributed by atoms with van der Waals surface area (Å²) in [7, 11) is 0. The second-order valence-electron chi connectivity index (χ2n) is 16.1. The van der Waals surface area contributed by atoms with Gasteiger partial charge >= 0.3 is 5.97 Å². The number of hydrogen-bond acceptors (Lipinski definition) is 12. The number of aliphatic carboxylic acids is 1. The normalized spacial score (nSPS) is 16.9. The van der Waals surface area contributed by atoms with E-state index in [-0.39, 0.29) is 76.2 Å². The van der Waals surface area contributed by atoms with E-state index < -0.39 is 108 Å². The third-order valence-corrected chi connectivity index (χ3v) is 10.9. The third kappa shape index (κ3) is 20.7. The number of likely N-dealkylation sites (tertiary alicyclic amines) is 1. The van der Waals surface area contributed by atoms with Gasteiger partial charge in [0.25, 0.3) is 0 Å². The summed E-state index contributed by atoms with van der Waals surface area (Å²) < 4.78 is 0. The molecular formula is C39H73N17O9. The summed E-state index contributed by atoms with van der Waals surface area (Å²) in [6.07, 6.45) is 1.74. The number of rotatable bonds is 30. The zero-order chi connectivity index (χ0) is 49.4. The minimum absolute atomic E-state index is 0.00702. The molecule has 1 rings (SSSR count). The summed E-state index contributed by atoms with van der Waals surface area (Å²) in [5, 5.41) is 22.6. The topological polar surface area (TPSA) is 465 Å². The van der Waals surface area contributed by atoms with Gasteiger partial charge in [0.05, 0.1) is 12.5 Å². The number of guanidine groups is 3. The Balaban J connectivity index is 3.44. The van der Waals surface area contributed by atoms with Crippen LogP contribution in [0.25, 0.3) is 0 Å². The van der Waals surface area contributed by atoms with E-state index in [9.17, 15) is 43.5 Å². The number of carbonyl (C=O) groups excluding carboxylic acids is 7. The molecule has 0 aromatic carbocycles. The standard InChI is InChI=1S/C39H73N17O9/c1-5-20(3)28(34(62)52-23(12-8-16-49-38(44)45)30(58)53-25(19-27(41)57)32(60)55-29(36(64)65)21(4)6-2)54-31(59)24(13-9-17-50-39(46)47)51-33(61)26-14-10-18-56(26)35(63)22(40)11-7-15-48-37(42)43/h20-26,28-29H,5-19,40H2,1-4H3,(H2,41,57)(H,51,61)(H,52,62)(H,53,58)(H,54,59)(H,55,60)(H,64,65)(H4,42,43,48)(H4,44,45,49)(H4,46,47,50)/t20-,21-,22-,23-,24-,25-,26-,28-,29-/m0/s1. The van der Waals surface area contributed by atoms with Gasteiger partial charge in [0, 0.05) is 26.2 Å². The maximum atomic E-state index is 14.2. The first-order valence-corrected chi connectivity index (χ1v) is 21.8. The van der Waals surface area contributed by atoms with Crippen LogP contribution in [-0.2, 0) is 38.4 Å². The highest BCUT2D eigenvalue weighted by molar-refractivity contribution is 5.98. The van der Waals surface area contributed by atoms with Crippen molar-refractivity contribution in [2.24, 2.45) is 72.7 Å². The predicted octanol–water partition coefficient (Wildman–Crippen LogP) is -5.06. The molecule has 1 heterocycles. The fourth-order valence-electron chi connectivity index (χ4n) is 6.81. The van der Waals surface area contributed by atoms with E-state index in [4.69, 9.17) is 45.9 Å². The number of amides is 7. The van der Waals surface area contributed by atoms with Gasteiger partial charge < -0.3 is 82.5 Å². The minimum atomic E-state index is -1.63. The number of primary amides is 1. The van der Waals surface area contributed by atoms with Crippen LogP contribution in [0, 0.1) is 11.8 Å². The molecule has 22 N–H and O–H groups in total. The average molecular weight is 924 g/mol. The lowest BCUT2D eigenvalue weighted by atomic mass is 9.96. The third-order valence-electron chi connectivity index (χ3n) is 10.9. The average Bonchev–Trinajstić information content (AvgIpc) is 3.74. The van der Waals surface area contributed by atoms with E-state index in [0.29, 0.717) is 32.1 Å². The lowest BCUT2D eigenvalue weighted by Gasteiger charge is -2.30. The monoisotopic (exact) mass is 924 g/mol. The molecule has 7 amide bonds. The van der Waals surface area contributed by atoms with E-state index in [1.54, 1.807) is 27.7 Å². The van der Waals surface area contributed by atoms with E-state index in [0.717, 1.165) is 0 Å². The Bertz CT molecular complexity index is 1720. The zero-order valence-corrected chi connectivity index (χ0v) is 37.9. The van der Waals surface area contributed by atoms with Gasteiger partial charge in [-0.25, -0.2) is 4.79 Å². The number of carboxylic acids is 1. The number of carboxylic acid groups (broad SMARTS) is 1. The Morgan fingerprint density at radius 1 is 0.615 bits per heavy atom. The molecule has 1 saturated heterocycles. The number of nitrogens with zero attached hydrogens (tertiary/aromatic N) is 4. The quantitative estimate of drug-likeness (QED) is 0.0182. The first-order valence-electron chi connectivity index (χ1n) is 21.8. The molecule has 1 fully saturated rings. The molecule has 65 heavy (non-hydrogen) atoms. The first-order chi connectivity index (χ1) is 30.5. The second kappa shape index (κ2) is 29.1. The van der Waals surface area contributed by atoms with Gasteiger partial charge in [-0.15, -0.1) is 0 Å². The number of nitrogens with one attached hydrogen (secondary N) is 5. The molecule has 368 valence electrons. The molecule has 1 aliphatic rings. The van der Waals surface area contributed by atoms with E-state index >= 15 is 0 Å². The summed E-state index contributed by atoms with van der Waals surface area (Å²) in [6.45, 7) is 7.41. The van der Waals surface area contributed by atoms with Gasteiger partial charge in [0.15, 0.2) is 17.9 Å². The molecule has 0 aliphatic carbocycles. The summed E-state index contributed by atoms with van der Waals surface area (Å²) in [5.74, 6) is -8.51. The van der Waals surface area contributed by atoms with Gasteiger partial charge in [-0.2, -0.15) is 0 Å². The van der Waals surface area contributed by atoms with Crippen molar-refractivity contribution in [2.75, 3.05) is 26.2 Å². The molecule has 26 nitrogen and oxygen atoms in total. The van der Waals surface area contributed by atoms with Crippen LogP contribution in [0.2, 0.25) is 0 Å². The Morgan fingerprint density at radius 2 is 1.05 bits per heavy atom. The molecule has 0 bridgehead atoms. The first kappa shape index (κ1) is 56.5. The lowest BCUT2D eigenvalue weighted by molar-refractivity contribution is -0.144. The molecule has 0 aromatic rings. The number of carbonyl (C=O) groups is 8. The summed E-state index contributed by atoms with van der Waals surface area (Å²) in [4.78, 5) is 120. The molecule has 0 saturated carbocycles. The van der Waals surface area contributed by atoms with Crippen LogP contribution in [0.1, 0.15) is 98.3 Å². The van der Waals surface area contributed by atoms with Crippen LogP contribution >= 0.6 is 0 Å². The van der Waals surface area contributed by atoms with Crippen molar-refractivity contribution in [2.45, 2.75) is 141 Å². The summed E-state index contributed by atoms with van der Waals surface area (Å²) >= 11 is 0. The van der Waals surface area contributed by atoms with Crippen molar-refractivity contribution >= 4 is 65.2 Å². The van der Waals surface area contributed by atoms with E-state index in [1.165, 1.54) is 4.90 Å². The maximum absolute atomic E-state index is 14.2. The molecule has 9 atom stereocenters. The molecule has 1 aliphatic heterocycles. The van der Waals surface area contributed by atoms with Crippen LogP contribution in [0.3, 0.4) is 0 Å². The lowest BCUT2D eigenvalue weighted by Crippen LogP contribution is -2.61. The summed E-state index contributed by atoms with van der Waals surface area (Å²) in [6, 6.07) is -8.83. The smallest absolute Gasteiger partial charge is 0.326 e. The van der Waals surface area contributed by atoms with Crippen molar-refractivity contribution in [3.8, 4) is 0 Å². The van der Waals surface area contributed by atoms with E-state index in [1.807, 2.05) is 0 Å². The van der Waals surface area contributed by atoms with Crippen LogP contribution in [0.4, 0.5) is 0 Å². The Labute approximate surface area is 379 Å². The zero-order valence-electron chi connectivity index (χ0n) is 37.9. The fourth-order valence-corrected chi connectivity index (χ4v) is 6.81.